The molecule has 0 spiro atoms. The van der Waals surface area contributed by atoms with E-state index in [2.05, 4.69) is 34.0 Å². The molecule has 4 aromatic heterocycles. The number of nitrogens with one attached hydrogen (secondary N) is 1. The third-order valence-corrected chi connectivity index (χ3v) is 8.85. The number of carbonyl (C=O) groups is 1. The predicted molar refractivity (Wildman–Crippen MR) is 152 cm³/mol. The summed E-state index contributed by atoms with van der Waals surface area (Å²) in [4.78, 5) is 32.8. The molecular weight excluding hydrogens is 528 g/mol. The molecular formula is C29H32N6O4S. The molecule has 5 rings (SSSR count). The second-order valence-corrected chi connectivity index (χ2v) is 12.8. The van der Waals surface area contributed by atoms with Crippen LogP contribution in [0.15, 0.2) is 66.0 Å². The van der Waals surface area contributed by atoms with Crippen molar-refractivity contribution in [3.8, 4) is 11.4 Å². The lowest BCUT2D eigenvalue weighted by atomic mass is 9.76. The van der Waals surface area contributed by atoms with Crippen molar-refractivity contribution in [1.29, 1.82) is 0 Å². The number of amides is 1. The minimum Gasteiger partial charge on any atom is -0.389 e. The maximum Gasteiger partial charge on any atom is 0.253 e. The van der Waals surface area contributed by atoms with E-state index in [9.17, 15) is 18.3 Å². The summed E-state index contributed by atoms with van der Waals surface area (Å²) in [5.74, 6) is 0.602. The monoisotopic (exact) mass is 560 g/mol. The number of aliphatic hydroxyl groups is 1. The molecule has 1 aliphatic rings. The van der Waals surface area contributed by atoms with Crippen LogP contribution < -0.4 is 10.2 Å². The first kappa shape index (κ1) is 27.6. The van der Waals surface area contributed by atoms with Gasteiger partial charge in [0.25, 0.3) is 5.91 Å². The highest BCUT2D eigenvalue weighted by molar-refractivity contribution is 7.90. The van der Waals surface area contributed by atoms with Crippen LogP contribution in [0.4, 0.5) is 5.82 Å². The van der Waals surface area contributed by atoms with E-state index in [0.29, 0.717) is 30.0 Å². The first-order valence-corrected chi connectivity index (χ1v) is 14.9. The first-order chi connectivity index (χ1) is 18.9. The van der Waals surface area contributed by atoms with Crippen molar-refractivity contribution in [2.75, 3.05) is 24.2 Å². The summed E-state index contributed by atoms with van der Waals surface area (Å²) in [5.41, 5.74) is 2.20. The first-order valence-electron chi connectivity index (χ1n) is 13.1. The van der Waals surface area contributed by atoms with Crippen molar-refractivity contribution in [2.45, 2.75) is 37.8 Å². The van der Waals surface area contributed by atoms with Crippen molar-refractivity contribution >= 4 is 32.5 Å². The molecule has 10 nitrogen and oxygen atoms in total. The lowest BCUT2D eigenvalue weighted by Gasteiger charge is -2.46. The van der Waals surface area contributed by atoms with Crippen molar-refractivity contribution in [3.05, 3.63) is 72.3 Å². The van der Waals surface area contributed by atoms with Crippen LogP contribution in [-0.2, 0) is 16.4 Å². The van der Waals surface area contributed by atoms with Crippen LogP contribution >= 0.6 is 0 Å². The third-order valence-electron chi connectivity index (χ3n) is 7.77. The van der Waals surface area contributed by atoms with Gasteiger partial charge in [-0.1, -0.05) is 19.9 Å². The van der Waals surface area contributed by atoms with Gasteiger partial charge in [0, 0.05) is 55.2 Å². The molecule has 11 heteroatoms. The maximum absolute atomic E-state index is 12.6. The molecule has 5 heterocycles. The Morgan fingerprint density at radius 3 is 2.50 bits per heavy atom. The summed E-state index contributed by atoms with van der Waals surface area (Å²) < 4.78 is 23.6. The molecule has 0 bridgehead atoms. The van der Waals surface area contributed by atoms with Gasteiger partial charge in [-0.3, -0.25) is 14.8 Å². The van der Waals surface area contributed by atoms with E-state index < -0.39 is 21.3 Å². The lowest BCUT2D eigenvalue weighted by Crippen LogP contribution is -2.55. The van der Waals surface area contributed by atoms with E-state index >= 15 is 0 Å². The Kier molecular flexibility index (Phi) is 7.28. The van der Waals surface area contributed by atoms with Crippen molar-refractivity contribution in [1.82, 2.24) is 25.3 Å². The molecule has 0 radical (unpaired) electrons. The van der Waals surface area contributed by atoms with Gasteiger partial charge < -0.3 is 15.3 Å². The fraction of sp³-hybridized carbons (Fsp3) is 0.345. The molecule has 40 heavy (non-hydrogen) atoms. The predicted octanol–water partition coefficient (Wildman–Crippen LogP) is 3.26. The van der Waals surface area contributed by atoms with E-state index in [0.717, 1.165) is 23.2 Å². The number of piperidine rings is 1. The van der Waals surface area contributed by atoms with E-state index in [1.54, 1.807) is 6.20 Å². The normalized spacial score (nSPS) is 21.4. The van der Waals surface area contributed by atoms with Crippen molar-refractivity contribution in [3.63, 3.8) is 0 Å². The summed E-state index contributed by atoms with van der Waals surface area (Å²) in [6.45, 7) is 7.60. The van der Waals surface area contributed by atoms with Crippen molar-refractivity contribution in [2.24, 2.45) is 11.8 Å². The number of aromatic nitrogens is 4. The highest BCUT2D eigenvalue weighted by atomic mass is 32.2. The van der Waals surface area contributed by atoms with E-state index in [1.165, 1.54) is 18.5 Å². The SMILES string of the molecule is C[C@@H]1CN(c2cccc(-c3ccc4cnc(CNC(=O)c5cncc(S(C)(=O)=O)c5)cc4n3)n2)C[C@H](C)C1(C)O. The number of rotatable bonds is 6. The molecule has 0 saturated carbocycles. The third kappa shape index (κ3) is 5.66. The zero-order valence-electron chi connectivity index (χ0n) is 22.9. The van der Waals surface area contributed by atoms with Gasteiger partial charge in [-0.05, 0) is 43.3 Å². The van der Waals surface area contributed by atoms with Gasteiger partial charge in [-0.2, -0.15) is 0 Å². The molecule has 0 aliphatic carbocycles. The van der Waals surface area contributed by atoms with Gasteiger partial charge in [0.15, 0.2) is 9.84 Å². The molecule has 1 aliphatic heterocycles. The van der Waals surface area contributed by atoms with Gasteiger partial charge in [0.2, 0.25) is 0 Å². The molecule has 3 atom stereocenters. The number of pyridine rings is 4. The standard InChI is InChI=1S/C29H32N6O4S/c1-18-16-35(17-19(2)29(18,3)37)27-7-5-6-24(34-27)25-9-8-20-13-31-22(11-26(20)33-25)14-32-28(36)21-10-23(15-30-12-21)40(4,38)39/h5-13,15,18-19,37H,14,16-17H2,1-4H3,(H,32,36)/t18-,19+,29?. The Hall–Kier alpha value is -3.96. The smallest absolute Gasteiger partial charge is 0.253 e. The average Bonchev–Trinajstić information content (AvgIpc) is 2.94. The van der Waals surface area contributed by atoms with E-state index in [1.807, 2.05) is 43.3 Å². The highest BCUT2D eigenvalue weighted by Crippen LogP contribution is 2.34. The zero-order valence-corrected chi connectivity index (χ0v) is 23.7. The second kappa shape index (κ2) is 10.5. The lowest BCUT2D eigenvalue weighted by molar-refractivity contribution is -0.0504. The molecule has 4 aromatic rings. The van der Waals surface area contributed by atoms with Gasteiger partial charge in [0.1, 0.15) is 5.82 Å². The number of nitrogens with zero attached hydrogens (tertiary/aromatic N) is 5. The Morgan fingerprint density at radius 2 is 1.77 bits per heavy atom. The fourth-order valence-corrected chi connectivity index (χ4v) is 5.43. The molecule has 1 unspecified atom stereocenters. The summed E-state index contributed by atoms with van der Waals surface area (Å²) in [5, 5.41) is 14.4. The molecule has 1 fully saturated rings. The number of fused-ring (bicyclic) bond motifs is 1. The average molecular weight is 561 g/mol. The summed E-state index contributed by atoms with van der Waals surface area (Å²) in [6.07, 6.45) is 5.30. The topological polar surface area (TPSA) is 138 Å². The van der Waals surface area contributed by atoms with Crippen LogP contribution in [0.1, 0.15) is 36.8 Å². The minimum atomic E-state index is -3.48. The minimum absolute atomic E-state index is 0.0189. The maximum atomic E-state index is 12.6. The van der Waals surface area contributed by atoms with Crippen LogP contribution in [0, 0.1) is 11.8 Å². The van der Waals surface area contributed by atoms with Crippen LogP contribution in [0.25, 0.3) is 22.3 Å². The summed E-state index contributed by atoms with van der Waals surface area (Å²) >= 11 is 0. The zero-order chi connectivity index (χ0) is 28.7. The molecule has 208 valence electrons. The number of sulfone groups is 1. The quantitative estimate of drug-likeness (QED) is 0.364. The van der Waals surface area contributed by atoms with Crippen LogP contribution in [0.3, 0.4) is 0 Å². The summed E-state index contributed by atoms with van der Waals surface area (Å²) in [6, 6.07) is 12.8. The van der Waals surface area contributed by atoms with Gasteiger partial charge in [-0.25, -0.2) is 18.4 Å². The molecule has 0 aromatic carbocycles. The Balaban J connectivity index is 1.34. The van der Waals surface area contributed by atoms with E-state index in [-0.39, 0.29) is 28.8 Å². The number of hydrogen-bond acceptors (Lipinski definition) is 9. The summed E-state index contributed by atoms with van der Waals surface area (Å²) in [7, 11) is -3.48. The van der Waals surface area contributed by atoms with Crippen molar-refractivity contribution < 1.29 is 18.3 Å². The number of carbonyl (C=O) groups excluding carboxylic acids is 1. The Bertz CT molecular complexity index is 1680. The molecule has 1 saturated heterocycles. The second-order valence-electron chi connectivity index (χ2n) is 10.7. The largest absolute Gasteiger partial charge is 0.389 e. The van der Waals surface area contributed by atoms with Gasteiger partial charge in [-0.15, -0.1) is 0 Å². The van der Waals surface area contributed by atoms with Gasteiger partial charge >= 0.3 is 0 Å². The molecule has 1 amide bonds. The number of anilines is 1. The van der Waals surface area contributed by atoms with Crippen LogP contribution in [0.5, 0.6) is 0 Å². The highest BCUT2D eigenvalue weighted by Gasteiger charge is 2.40. The molecule has 2 N–H and O–H groups in total. The number of hydrogen-bond donors (Lipinski definition) is 2. The fourth-order valence-electron chi connectivity index (χ4n) is 4.84. The Labute approximate surface area is 233 Å². The van der Waals surface area contributed by atoms with Crippen LogP contribution in [-0.4, -0.2) is 64.3 Å². The van der Waals surface area contributed by atoms with E-state index in [4.69, 9.17) is 9.97 Å². The Morgan fingerprint density at radius 1 is 1.05 bits per heavy atom. The van der Waals surface area contributed by atoms with Gasteiger partial charge in [0.05, 0.1) is 45.2 Å². The van der Waals surface area contributed by atoms with Crippen LogP contribution in [0.2, 0.25) is 0 Å².